The summed E-state index contributed by atoms with van der Waals surface area (Å²) in [7, 11) is 0. The fraction of sp³-hybridized carbons (Fsp3) is 0. The largest absolute Gasteiger partial charge is 0.508 e. The summed E-state index contributed by atoms with van der Waals surface area (Å²) in [5.74, 6) is -0.120. The van der Waals surface area contributed by atoms with Gasteiger partial charge in [0, 0.05) is 26.3 Å². The molecule has 0 aliphatic heterocycles. The number of anilines is 1. The first-order valence-electron chi connectivity index (χ1n) is 5.11. The molecule has 0 radical (unpaired) electrons. The zero-order chi connectivity index (χ0) is 13.1. The van der Waals surface area contributed by atoms with Gasteiger partial charge in [0.15, 0.2) is 0 Å². The second-order valence-corrected chi connectivity index (χ2v) is 5.49. The number of halogens is 2. The van der Waals surface area contributed by atoms with Gasteiger partial charge in [-0.15, -0.1) is 0 Å². The number of carbonyl (C=O) groups excluding carboxylic acids is 1. The molecule has 2 aromatic rings. The van der Waals surface area contributed by atoms with Crippen LogP contribution in [0.4, 0.5) is 5.69 Å². The molecule has 18 heavy (non-hydrogen) atoms. The Balaban J connectivity index is 2.22. The van der Waals surface area contributed by atoms with E-state index < -0.39 is 0 Å². The minimum atomic E-state index is -0.234. The van der Waals surface area contributed by atoms with Crippen molar-refractivity contribution in [2.24, 2.45) is 0 Å². The number of phenols is 1. The van der Waals surface area contributed by atoms with Gasteiger partial charge in [-0.2, -0.15) is 0 Å². The summed E-state index contributed by atoms with van der Waals surface area (Å²) in [4.78, 5) is 12.0. The van der Waals surface area contributed by atoms with Crippen molar-refractivity contribution in [1.29, 1.82) is 0 Å². The number of phenolic OH excluding ortho intramolecular Hbond substituents is 1. The van der Waals surface area contributed by atoms with Crippen LogP contribution in [0.2, 0.25) is 0 Å². The van der Waals surface area contributed by atoms with Gasteiger partial charge >= 0.3 is 0 Å². The molecule has 0 bridgehead atoms. The molecule has 1 amide bonds. The third-order valence-electron chi connectivity index (χ3n) is 2.23. The lowest BCUT2D eigenvalue weighted by Crippen LogP contribution is -2.11. The highest BCUT2D eigenvalue weighted by molar-refractivity contribution is 9.11. The molecule has 3 nitrogen and oxygen atoms in total. The summed E-state index contributed by atoms with van der Waals surface area (Å²) in [5.41, 5.74) is 1.08. The number of nitrogens with one attached hydrogen (secondary N) is 1. The number of aromatic hydroxyl groups is 1. The first-order valence-corrected chi connectivity index (χ1v) is 6.70. The van der Waals surface area contributed by atoms with Crippen LogP contribution in [-0.4, -0.2) is 11.0 Å². The van der Waals surface area contributed by atoms with Crippen molar-refractivity contribution in [2.45, 2.75) is 0 Å². The molecule has 2 aromatic carbocycles. The molecule has 2 N–H and O–H groups in total. The van der Waals surface area contributed by atoms with Gasteiger partial charge in [0.1, 0.15) is 5.75 Å². The fourth-order valence-corrected chi connectivity index (χ4v) is 2.77. The van der Waals surface area contributed by atoms with E-state index in [-0.39, 0.29) is 11.7 Å². The third-order valence-corrected chi connectivity index (χ3v) is 3.14. The Morgan fingerprint density at radius 1 is 1.06 bits per heavy atom. The number of benzene rings is 2. The maximum atomic E-state index is 12.0. The minimum Gasteiger partial charge on any atom is -0.508 e. The maximum absolute atomic E-state index is 12.0. The van der Waals surface area contributed by atoms with Crippen LogP contribution < -0.4 is 5.32 Å². The molecule has 0 unspecified atom stereocenters. The van der Waals surface area contributed by atoms with Crippen LogP contribution in [0.5, 0.6) is 5.75 Å². The van der Waals surface area contributed by atoms with Crippen LogP contribution in [0.1, 0.15) is 10.4 Å². The number of amides is 1. The Labute approximate surface area is 121 Å². The Kier molecular flexibility index (Phi) is 4.04. The van der Waals surface area contributed by atoms with Gasteiger partial charge < -0.3 is 10.4 Å². The summed E-state index contributed by atoms with van der Waals surface area (Å²) in [5, 5.41) is 12.0. The monoisotopic (exact) mass is 369 g/mol. The van der Waals surface area contributed by atoms with E-state index in [0.29, 0.717) is 11.3 Å². The molecular formula is C13H9Br2NO2. The molecule has 0 saturated carbocycles. The lowest BCUT2D eigenvalue weighted by atomic mass is 10.2. The molecule has 0 heterocycles. The second kappa shape index (κ2) is 5.54. The van der Waals surface area contributed by atoms with Crippen LogP contribution in [0.3, 0.4) is 0 Å². The van der Waals surface area contributed by atoms with E-state index in [9.17, 15) is 9.90 Å². The number of carbonyl (C=O) groups is 1. The molecule has 92 valence electrons. The SMILES string of the molecule is O=C(Nc1cccc(O)c1)c1cc(Br)cc(Br)c1. The predicted octanol–water partition coefficient (Wildman–Crippen LogP) is 4.17. The van der Waals surface area contributed by atoms with Gasteiger partial charge in [-0.3, -0.25) is 4.79 Å². The van der Waals surface area contributed by atoms with Gasteiger partial charge in [0.05, 0.1) is 0 Å². The molecule has 0 aromatic heterocycles. The zero-order valence-electron chi connectivity index (χ0n) is 9.15. The van der Waals surface area contributed by atoms with Crippen molar-refractivity contribution >= 4 is 43.5 Å². The third kappa shape index (κ3) is 3.34. The highest BCUT2D eigenvalue weighted by Gasteiger charge is 2.08. The molecular weight excluding hydrogens is 362 g/mol. The molecule has 0 aliphatic carbocycles. The van der Waals surface area contributed by atoms with Crippen molar-refractivity contribution in [3.8, 4) is 5.75 Å². The van der Waals surface area contributed by atoms with E-state index in [2.05, 4.69) is 37.2 Å². The fourth-order valence-electron chi connectivity index (χ4n) is 1.47. The van der Waals surface area contributed by atoms with Crippen LogP contribution in [0, 0.1) is 0 Å². The Bertz CT molecular complexity index is 579. The van der Waals surface area contributed by atoms with Gasteiger partial charge in [0.2, 0.25) is 0 Å². The van der Waals surface area contributed by atoms with Gasteiger partial charge in [-0.25, -0.2) is 0 Å². The Morgan fingerprint density at radius 2 is 1.72 bits per heavy atom. The van der Waals surface area contributed by atoms with Crippen molar-refractivity contribution in [3.63, 3.8) is 0 Å². The van der Waals surface area contributed by atoms with Crippen LogP contribution in [-0.2, 0) is 0 Å². The van der Waals surface area contributed by atoms with E-state index in [1.165, 1.54) is 6.07 Å². The molecule has 0 fully saturated rings. The average molecular weight is 371 g/mol. The van der Waals surface area contributed by atoms with Crippen LogP contribution in [0.15, 0.2) is 51.4 Å². The lowest BCUT2D eigenvalue weighted by molar-refractivity contribution is 0.102. The van der Waals surface area contributed by atoms with Gasteiger partial charge in [0.25, 0.3) is 5.91 Å². The number of hydrogen-bond donors (Lipinski definition) is 2. The Morgan fingerprint density at radius 3 is 2.33 bits per heavy atom. The minimum absolute atomic E-state index is 0.114. The standard InChI is InChI=1S/C13H9Br2NO2/c14-9-4-8(5-10(15)6-9)13(18)16-11-2-1-3-12(17)7-11/h1-7,17H,(H,16,18). The summed E-state index contributed by atoms with van der Waals surface area (Å²) < 4.78 is 1.64. The second-order valence-electron chi connectivity index (χ2n) is 3.66. The van der Waals surface area contributed by atoms with Gasteiger partial charge in [-0.05, 0) is 30.3 Å². The highest BCUT2D eigenvalue weighted by Crippen LogP contribution is 2.21. The summed E-state index contributed by atoms with van der Waals surface area (Å²) >= 11 is 6.66. The molecule has 0 aliphatic rings. The highest BCUT2D eigenvalue weighted by atomic mass is 79.9. The summed E-state index contributed by atoms with van der Waals surface area (Å²) in [6.45, 7) is 0. The van der Waals surface area contributed by atoms with Crippen molar-refractivity contribution in [1.82, 2.24) is 0 Å². The van der Waals surface area contributed by atoms with Crippen molar-refractivity contribution in [3.05, 3.63) is 57.0 Å². The van der Waals surface area contributed by atoms with Crippen molar-refractivity contribution in [2.75, 3.05) is 5.32 Å². The summed E-state index contributed by atoms with van der Waals surface area (Å²) in [6, 6.07) is 11.7. The van der Waals surface area contributed by atoms with E-state index >= 15 is 0 Å². The molecule has 0 atom stereocenters. The first-order chi connectivity index (χ1) is 8.54. The smallest absolute Gasteiger partial charge is 0.255 e. The average Bonchev–Trinajstić information content (AvgIpc) is 2.27. The molecule has 2 rings (SSSR count). The normalized spacial score (nSPS) is 10.1. The summed E-state index contributed by atoms with van der Waals surface area (Å²) in [6.07, 6.45) is 0. The molecule has 0 spiro atoms. The van der Waals surface area contributed by atoms with E-state index in [1.807, 2.05) is 6.07 Å². The van der Waals surface area contributed by atoms with E-state index in [4.69, 9.17) is 0 Å². The maximum Gasteiger partial charge on any atom is 0.255 e. The van der Waals surface area contributed by atoms with Crippen LogP contribution >= 0.6 is 31.9 Å². The van der Waals surface area contributed by atoms with Crippen LogP contribution in [0.25, 0.3) is 0 Å². The Hall–Kier alpha value is -1.33. The topological polar surface area (TPSA) is 49.3 Å². The van der Waals surface area contributed by atoms with E-state index in [0.717, 1.165) is 8.95 Å². The molecule has 0 saturated heterocycles. The van der Waals surface area contributed by atoms with Crippen molar-refractivity contribution < 1.29 is 9.90 Å². The first kappa shape index (κ1) is 13.1. The molecule has 5 heteroatoms. The zero-order valence-corrected chi connectivity index (χ0v) is 12.3. The van der Waals surface area contributed by atoms with E-state index in [1.54, 1.807) is 30.3 Å². The van der Waals surface area contributed by atoms with Gasteiger partial charge in [-0.1, -0.05) is 37.9 Å². The number of hydrogen-bond acceptors (Lipinski definition) is 2. The predicted molar refractivity (Wildman–Crippen MR) is 77.9 cm³/mol. The number of rotatable bonds is 2. The quantitative estimate of drug-likeness (QED) is 0.833. The lowest BCUT2D eigenvalue weighted by Gasteiger charge is -2.06.